The summed E-state index contributed by atoms with van der Waals surface area (Å²) in [5.41, 5.74) is 8.54. The predicted octanol–water partition coefficient (Wildman–Crippen LogP) is 3.89. The van der Waals surface area contributed by atoms with Crippen LogP contribution in [0.2, 0.25) is 0 Å². The van der Waals surface area contributed by atoms with Crippen LogP contribution in [0.3, 0.4) is 0 Å². The predicted molar refractivity (Wildman–Crippen MR) is 86.7 cm³/mol. The molecule has 1 aromatic carbocycles. The second kappa shape index (κ2) is 7.91. The lowest BCUT2D eigenvalue weighted by molar-refractivity contribution is -0.116. The Morgan fingerprint density at radius 2 is 1.90 bits per heavy atom. The fourth-order valence-corrected chi connectivity index (χ4v) is 2.61. The molecule has 0 radical (unpaired) electrons. The molecule has 0 fully saturated rings. The number of nitrogens with one attached hydrogen (secondary N) is 1. The SMILES string of the molecule is CCCCCCCCOc1cc2c(cc1N)NC(=O)CC2. The van der Waals surface area contributed by atoms with Gasteiger partial charge in [-0.25, -0.2) is 0 Å². The first-order valence-corrected chi connectivity index (χ1v) is 8.05. The van der Waals surface area contributed by atoms with Crippen LogP contribution in [0.15, 0.2) is 12.1 Å². The maximum Gasteiger partial charge on any atom is 0.224 e. The number of amides is 1. The van der Waals surface area contributed by atoms with Gasteiger partial charge < -0.3 is 15.8 Å². The first-order chi connectivity index (χ1) is 10.2. The van der Waals surface area contributed by atoms with Crippen LogP contribution in [-0.2, 0) is 11.2 Å². The molecule has 0 unspecified atom stereocenters. The number of hydrogen-bond donors (Lipinski definition) is 2. The topological polar surface area (TPSA) is 64.3 Å². The molecular formula is C17H26N2O2. The van der Waals surface area contributed by atoms with Gasteiger partial charge in [0.25, 0.3) is 0 Å². The summed E-state index contributed by atoms with van der Waals surface area (Å²) in [6.07, 6.45) is 8.77. The van der Waals surface area contributed by atoms with Gasteiger partial charge in [-0.05, 0) is 30.5 Å². The van der Waals surface area contributed by atoms with E-state index in [1.807, 2.05) is 12.1 Å². The van der Waals surface area contributed by atoms with Gasteiger partial charge in [-0.15, -0.1) is 0 Å². The van der Waals surface area contributed by atoms with Crippen LogP contribution in [0, 0.1) is 0 Å². The Bertz CT molecular complexity index is 486. The van der Waals surface area contributed by atoms with E-state index in [1.165, 1.54) is 32.1 Å². The largest absolute Gasteiger partial charge is 0.491 e. The average molecular weight is 290 g/mol. The highest BCUT2D eigenvalue weighted by Gasteiger charge is 2.17. The molecule has 0 aromatic heterocycles. The number of unbranched alkanes of at least 4 members (excludes halogenated alkanes) is 5. The molecule has 4 nitrogen and oxygen atoms in total. The van der Waals surface area contributed by atoms with E-state index in [4.69, 9.17) is 10.5 Å². The zero-order valence-corrected chi connectivity index (χ0v) is 12.9. The van der Waals surface area contributed by atoms with Crippen molar-refractivity contribution in [2.45, 2.75) is 58.3 Å². The van der Waals surface area contributed by atoms with Crippen LogP contribution in [-0.4, -0.2) is 12.5 Å². The fraction of sp³-hybridized carbons (Fsp3) is 0.588. The van der Waals surface area contributed by atoms with Crippen molar-refractivity contribution in [3.8, 4) is 5.75 Å². The summed E-state index contributed by atoms with van der Waals surface area (Å²) in [7, 11) is 0. The molecule has 1 aliphatic heterocycles. The maximum atomic E-state index is 11.4. The zero-order valence-electron chi connectivity index (χ0n) is 12.9. The second-order valence-corrected chi connectivity index (χ2v) is 5.71. The Kier molecular flexibility index (Phi) is 5.90. The number of carbonyl (C=O) groups excluding carboxylic acids is 1. The lowest BCUT2D eigenvalue weighted by atomic mass is 10.0. The number of hydrogen-bond acceptors (Lipinski definition) is 3. The maximum absolute atomic E-state index is 11.4. The van der Waals surface area contributed by atoms with Crippen molar-refractivity contribution >= 4 is 17.3 Å². The summed E-state index contributed by atoms with van der Waals surface area (Å²) in [4.78, 5) is 11.4. The molecule has 0 saturated carbocycles. The van der Waals surface area contributed by atoms with Gasteiger partial charge in [0.05, 0.1) is 12.3 Å². The normalized spacial score (nSPS) is 13.7. The van der Waals surface area contributed by atoms with Crippen molar-refractivity contribution in [3.63, 3.8) is 0 Å². The number of carbonyl (C=O) groups is 1. The Labute approximate surface area is 127 Å². The molecule has 2 rings (SSSR count). The van der Waals surface area contributed by atoms with Gasteiger partial charge in [-0.1, -0.05) is 39.0 Å². The monoisotopic (exact) mass is 290 g/mol. The number of anilines is 2. The molecule has 0 aliphatic carbocycles. The third kappa shape index (κ3) is 4.66. The molecular weight excluding hydrogens is 264 g/mol. The van der Waals surface area contributed by atoms with Crippen LogP contribution < -0.4 is 15.8 Å². The highest BCUT2D eigenvalue weighted by atomic mass is 16.5. The van der Waals surface area contributed by atoms with E-state index >= 15 is 0 Å². The minimum Gasteiger partial charge on any atom is -0.491 e. The lowest BCUT2D eigenvalue weighted by Gasteiger charge is -2.19. The standard InChI is InChI=1S/C17H26N2O2/c1-2-3-4-5-6-7-10-21-16-11-13-8-9-17(20)19-15(13)12-14(16)18/h11-12H,2-10,18H2,1H3,(H,19,20). The van der Waals surface area contributed by atoms with Gasteiger partial charge in [-0.2, -0.15) is 0 Å². The molecule has 0 bridgehead atoms. The Morgan fingerprint density at radius 3 is 2.71 bits per heavy atom. The van der Waals surface area contributed by atoms with Crippen LogP contribution >= 0.6 is 0 Å². The van der Waals surface area contributed by atoms with Crippen molar-refractivity contribution in [3.05, 3.63) is 17.7 Å². The fourth-order valence-electron chi connectivity index (χ4n) is 2.61. The number of rotatable bonds is 8. The molecule has 1 amide bonds. The van der Waals surface area contributed by atoms with Crippen molar-refractivity contribution in [2.75, 3.05) is 17.7 Å². The van der Waals surface area contributed by atoms with Crippen molar-refractivity contribution in [1.29, 1.82) is 0 Å². The molecule has 1 aliphatic rings. The summed E-state index contributed by atoms with van der Waals surface area (Å²) < 4.78 is 5.80. The summed E-state index contributed by atoms with van der Waals surface area (Å²) in [6.45, 7) is 2.94. The van der Waals surface area contributed by atoms with E-state index in [-0.39, 0.29) is 5.91 Å². The average Bonchev–Trinajstić information content (AvgIpc) is 2.47. The molecule has 1 heterocycles. The van der Waals surface area contributed by atoms with Crippen LogP contribution in [0.25, 0.3) is 0 Å². The smallest absolute Gasteiger partial charge is 0.224 e. The van der Waals surface area contributed by atoms with E-state index in [0.717, 1.165) is 29.8 Å². The van der Waals surface area contributed by atoms with E-state index in [2.05, 4.69) is 12.2 Å². The number of nitrogen functional groups attached to an aromatic ring is 1. The zero-order chi connectivity index (χ0) is 15.1. The molecule has 0 spiro atoms. The minimum absolute atomic E-state index is 0.0580. The number of nitrogens with two attached hydrogens (primary N) is 1. The second-order valence-electron chi connectivity index (χ2n) is 5.71. The van der Waals surface area contributed by atoms with Gasteiger partial charge in [-0.3, -0.25) is 4.79 Å². The van der Waals surface area contributed by atoms with E-state index < -0.39 is 0 Å². The van der Waals surface area contributed by atoms with Crippen molar-refractivity contribution < 1.29 is 9.53 Å². The molecule has 0 saturated heterocycles. The quantitative estimate of drug-likeness (QED) is 0.564. The number of ether oxygens (including phenoxy) is 1. The Hall–Kier alpha value is -1.71. The molecule has 0 atom stereocenters. The highest BCUT2D eigenvalue weighted by Crippen LogP contribution is 2.32. The number of fused-ring (bicyclic) bond motifs is 1. The van der Waals surface area contributed by atoms with Gasteiger partial charge in [0.15, 0.2) is 0 Å². The molecule has 3 N–H and O–H groups in total. The summed E-state index contributed by atoms with van der Waals surface area (Å²) >= 11 is 0. The van der Waals surface area contributed by atoms with Gasteiger partial charge in [0.2, 0.25) is 5.91 Å². The number of aryl methyl sites for hydroxylation is 1. The van der Waals surface area contributed by atoms with E-state index in [9.17, 15) is 4.79 Å². The molecule has 116 valence electrons. The van der Waals surface area contributed by atoms with Gasteiger partial charge >= 0.3 is 0 Å². The van der Waals surface area contributed by atoms with E-state index in [1.54, 1.807) is 0 Å². The third-order valence-corrected chi connectivity index (χ3v) is 3.89. The third-order valence-electron chi connectivity index (χ3n) is 3.89. The van der Waals surface area contributed by atoms with Gasteiger partial charge in [0.1, 0.15) is 5.75 Å². The lowest BCUT2D eigenvalue weighted by Crippen LogP contribution is -2.19. The minimum atomic E-state index is 0.0580. The first kappa shape index (κ1) is 15.7. The van der Waals surface area contributed by atoms with Crippen LogP contribution in [0.4, 0.5) is 11.4 Å². The Balaban J connectivity index is 1.80. The highest BCUT2D eigenvalue weighted by molar-refractivity contribution is 5.94. The summed E-state index contributed by atoms with van der Waals surface area (Å²) in [5, 5.41) is 2.85. The van der Waals surface area contributed by atoms with Crippen molar-refractivity contribution in [1.82, 2.24) is 0 Å². The molecule has 4 heteroatoms. The molecule has 21 heavy (non-hydrogen) atoms. The van der Waals surface area contributed by atoms with Crippen LogP contribution in [0.5, 0.6) is 5.75 Å². The first-order valence-electron chi connectivity index (χ1n) is 8.05. The molecule has 1 aromatic rings. The number of benzene rings is 1. The van der Waals surface area contributed by atoms with Gasteiger partial charge in [0, 0.05) is 12.1 Å². The summed E-state index contributed by atoms with van der Waals surface area (Å²) in [5.74, 6) is 0.807. The van der Waals surface area contributed by atoms with Crippen molar-refractivity contribution in [2.24, 2.45) is 0 Å². The summed E-state index contributed by atoms with van der Waals surface area (Å²) in [6, 6.07) is 3.78. The van der Waals surface area contributed by atoms with Crippen LogP contribution in [0.1, 0.15) is 57.4 Å². The Morgan fingerprint density at radius 1 is 1.14 bits per heavy atom. The van der Waals surface area contributed by atoms with E-state index in [0.29, 0.717) is 18.7 Å².